The summed E-state index contributed by atoms with van der Waals surface area (Å²) in [7, 11) is 0. The third-order valence-electron chi connectivity index (χ3n) is 5.74. The van der Waals surface area contributed by atoms with Crippen molar-refractivity contribution in [2.24, 2.45) is 0 Å². The van der Waals surface area contributed by atoms with Crippen LogP contribution in [0.2, 0.25) is 0 Å². The Bertz CT molecular complexity index is 890. The molecule has 3 aromatic carbocycles. The minimum absolute atomic E-state index is 0.0847. The summed E-state index contributed by atoms with van der Waals surface area (Å²) in [5.74, 6) is -0.504. The van der Waals surface area contributed by atoms with Gasteiger partial charge in [0.1, 0.15) is 0 Å². The van der Waals surface area contributed by atoms with Crippen LogP contribution in [-0.4, -0.2) is 36.0 Å². The molecule has 4 nitrogen and oxygen atoms in total. The molecule has 32 heavy (non-hydrogen) atoms. The number of nitrogens with one attached hydrogen (secondary N) is 1. The molecule has 1 saturated heterocycles. The zero-order chi connectivity index (χ0) is 22.2. The smallest absolute Gasteiger partial charge is 0.163 e. The van der Waals surface area contributed by atoms with Crippen molar-refractivity contribution in [2.45, 2.75) is 51.3 Å². The predicted octanol–water partition coefficient (Wildman–Crippen LogP) is 5.71. The number of hydrogen-bond acceptors (Lipinski definition) is 4. The highest BCUT2D eigenvalue weighted by Gasteiger charge is 2.34. The SMILES string of the molecule is CC1(C)OC[C@H](C[C@H](CN(Cc2ccccc2)Cc2ccccc2)Nc2ccccc2)O1. The van der Waals surface area contributed by atoms with E-state index in [4.69, 9.17) is 9.47 Å². The van der Waals surface area contributed by atoms with Crippen molar-refractivity contribution in [1.82, 2.24) is 4.90 Å². The first-order valence-corrected chi connectivity index (χ1v) is 11.5. The number of nitrogens with zero attached hydrogens (tertiary/aromatic N) is 1. The molecule has 1 aliphatic rings. The molecule has 0 aliphatic carbocycles. The van der Waals surface area contributed by atoms with Crippen molar-refractivity contribution in [3.05, 3.63) is 102 Å². The van der Waals surface area contributed by atoms with Crippen LogP contribution in [0, 0.1) is 0 Å². The zero-order valence-electron chi connectivity index (χ0n) is 19.1. The Morgan fingerprint density at radius 2 is 1.38 bits per heavy atom. The van der Waals surface area contributed by atoms with E-state index in [9.17, 15) is 0 Å². The maximum Gasteiger partial charge on any atom is 0.163 e. The summed E-state index contributed by atoms with van der Waals surface area (Å²) in [5.41, 5.74) is 3.78. The van der Waals surface area contributed by atoms with Crippen molar-refractivity contribution in [3.8, 4) is 0 Å². The van der Waals surface area contributed by atoms with E-state index in [0.29, 0.717) is 6.61 Å². The van der Waals surface area contributed by atoms with Gasteiger partial charge in [-0.05, 0) is 43.5 Å². The molecule has 0 aromatic heterocycles. The van der Waals surface area contributed by atoms with Crippen LogP contribution in [-0.2, 0) is 22.6 Å². The third kappa shape index (κ3) is 6.92. The predicted molar refractivity (Wildman–Crippen MR) is 130 cm³/mol. The summed E-state index contributed by atoms with van der Waals surface area (Å²) in [6.45, 7) is 7.32. The third-order valence-corrected chi connectivity index (χ3v) is 5.74. The van der Waals surface area contributed by atoms with Gasteiger partial charge < -0.3 is 14.8 Å². The maximum absolute atomic E-state index is 6.15. The molecule has 0 spiro atoms. The van der Waals surface area contributed by atoms with Crippen LogP contribution in [0.5, 0.6) is 0 Å². The van der Waals surface area contributed by atoms with Crippen molar-refractivity contribution < 1.29 is 9.47 Å². The van der Waals surface area contributed by atoms with Crippen LogP contribution in [0.3, 0.4) is 0 Å². The Morgan fingerprint density at radius 3 is 1.88 bits per heavy atom. The lowest BCUT2D eigenvalue weighted by Crippen LogP contribution is -2.39. The van der Waals surface area contributed by atoms with Gasteiger partial charge in [-0.2, -0.15) is 0 Å². The summed E-state index contributed by atoms with van der Waals surface area (Å²) in [4.78, 5) is 2.52. The minimum Gasteiger partial charge on any atom is -0.381 e. The second-order valence-electron chi connectivity index (χ2n) is 9.03. The molecule has 0 bridgehead atoms. The minimum atomic E-state index is -0.504. The summed E-state index contributed by atoms with van der Waals surface area (Å²) in [6, 6.07) is 32.1. The summed E-state index contributed by atoms with van der Waals surface area (Å²) >= 11 is 0. The molecule has 0 unspecified atom stereocenters. The number of hydrogen-bond donors (Lipinski definition) is 1. The zero-order valence-corrected chi connectivity index (χ0v) is 19.1. The highest BCUT2D eigenvalue weighted by atomic mass is 16.7. The first kappa shape index (κ1) is 22.5. The number of anilines is 1. The lowest BCUT2D eigenvalue weighted by atomic mass is 10.1. The molecule has 1 aliphatic heterocycles. The van der Waals surface area contributed by atoms with Crippen molar-refractivity contribution in [1.29, 1.82) is 0 Å². The second-order valence-corrected chi connectivity index (χ2v) is 9.03. The fourth-order valence-electron chi connectivity index (χ4n) is 4.33. The Balaban J connectivity index is 1.51. The highest BCUT2D eigenvalue weighted by molar-refractivity contribution is 5.43. The topological polar surface area (TPSA) is 33.7 Å². The Morgan fingerprint density at radius 1 is 0.844 bits per heavy atom. The maximum atomic E-state index is 6.15. The number of para-hydroxylation sites is 1. The van der Waals surface area contributed by atoms with Gasteiger partial charge in [0, 0.05) is 31.4 Å². The fourth-order valence-corrected chi connectivity index (χ4v) is 4.33. The lowest BCUT2D eigenvalue weighted by molar-refractivity contribution is -0.139. The Kier molecular flexibility index (Phi) is 7.59. The van der Waals surface area contributed by atoms with Crippen LogP contribution in [0.15, 0.2) is 91.0 Å². The molecule has 0 saturated carbocycles. The molecule has 0 amide bonds. The average molecular weight is 431 g/mol. The van der Waals surface area contributed by atoms with E-state index < -0.39 is 5.79 Å². The number of ether oxygens (including phenoxy) is 2. The van der Waals surface area contributed by atoms with Crippen LogP contribution in [0.4, 0.5) is 5.69 Å². The summed E-state index contributed by atoms with van der Waals surface area (Å²) < 4.78 is 12.0. The van der Waals surface area contributed by atoms with Crippen molar-refractivity contribution in [3.63, 3.8) is 0 Å². The first-order valence-electron chi connectivity index (χ1n) is 11.5. The molecule has 2 atom stereocenters. The quantitative estimate of drug-likeness (QED) is 0.447. The van der Waals surface area contributed by atoms with Gasteiger partial charge in [-0.1, -0.05) is 78.9 Å². The summed E-state index contributed by atoms with van der Waals surface area (Å²) in [5, 5.41) is 3.76. The van der Waals surface area contributed by atoms with E-state index in [0.717, 1.165) is 31.7 Å². The van der Waals surface area contributed by atoms with Gasteiger partial charge in [0.25, 0.3) is 0 Å². The fraction of sp³-hybridized carbons (Fsp3) is 0.357. The molecule has 1 heterocycles. The van der Waals surface area contributed by atoms with E-state index in [-0.39, 0.29) is 12.1 Å². The van der Waals surface area contributed by atoms with Gasteiger partial charge >= 0.3 is 0 Å². The van der Waals surface area contributed by atoms with E-state index in [1.807, 2.05) is 19.9 Å². The average Bonchev–Trinajstić information content (AvgIpc) is 3.14. The monoisotopic (exact) mass is 430 g/mol. The standard InChI is InChI=1S/C28H34N2O2/c1-28(2)31-22-27(32-28)18-26(29-25-16-10-5-11-17-25)21-30(19-23-12-6-3-7-13-23)20-24-14-8-4-9-15-24/h3-17,26-27,29H,18-22H2,1-2H3/t26-,27+/m1/s1. The number of benzene rings is 3. The van der Waals surface area contributed by atoms with E-state index >= 15 is 0 Å². The Labute approximate surface area is 192 Å². The number of rotatable bonds is 10. The molecule has 4 heteroatoms. The van der Waals surface area contributed by atoms with Gasteiger partial charge in [0.2, 0.25) is 0 Å². The summed E-state index contributed by atoms with van der Waals surface area (Å²) in [6.07, 6.45) is 0.972. The molecule has 3 aromatic rings. The van der Waals surface area contributed by atoms with Crippen LogP contribution >= 0.6 is 0 Å². The molecule has 1 fully saturated rings. The van der Waals surface area contributed by atoms with Crippen LogP contribution < -0.4 is 5.32 Å². The van der Waals surface area contributed by atoms with Crippen LogP contribution in [0.25, 0.3) is 0 Å². The normalized spacial score (nSPS) is 18.5. The molecule has 0 radical (unpaired) electrons. The molecule has 1 N–H and O–H groups in total. The van der Waals surface area contributed by atoms with Gasteiger partial charge in [-0.25, -0.2) is 0 Å². The largest absolute Gasteiger partial charge is 0.381 e. The van der Waals surface area contributed by atoms with Crippen molar-refractivity contribution in [2.75, 3.05) is 18.5 Å². The second kappa shape index (κ2) is 10.8. The first-order chi connectivity index (χ1) is 15.6. The van der Waals surface area contributed by atoms with Gasteiger partial charge in [0.05, 0.1) is 12.7 Å². The van der Waals surface area contributed by atoms with Crippen molar-refractivity contribution >= 4 is 5.69 Å². The molecule has 4 rings (SSSR count). The highest BCUT2D eigenvalue weighted by Crippen LogP contribution is 2.26. The van der Waals surface area contributed by atoms with Gasteiger partial charge in [0.15, 0.2) is 5.79 Å². The van der Waals surface area contributed by atoms with E-state index in [2.05, 4.69) is 95.1 Å². The van der Waals surface area contributed by atoms with Crippen LogP contribution in [0.1, 0.15) is 31.4 Å². The molecular weight excluding hydrogens is 396 g/mol. The van der Waals surface area contributed by atoms with E-state index in [1.54, 1.807) is 0 Å². The lowest BCUT2D eigenvalue weighted by Gasteiger charge is -2.30. The Hall–Kier alpha value is -2.66. The van der Waals surface area contributed by atoms with E-state index in [1.165, 1.54) is 11.1 Å². The molecular formula is C28H34N2O2. The molecule has 168 valence electrons. The van der Waals surface area contributed by atoms with Gasteiger partial charge in [-0.3, -0.25) is 4.90 Å². The van der Waals surface area contributed by atoms with Gasteiger partial charge in [-0.15, -0.1) is 0 Å².